The van der Waals surface area contributed by atoms with E-state index in [1.807, 2.05) is 26.8 Å². The van der Waals surface area contributed by atoms with Gasteiger partial charge in [-0.25, -0.2) is 4.79 Å². The topological polar surface area (TPSA) is 44.8 Å². The number of hydrogen-bond acceptors (Lipinski definition) is 4. The van der Waals surface area contributed by atoms with Crippen molar-refractivity contribution in [2.75, 3.05) is 7.11 Å². The third-order valence-electron chi connectivity index (χ3n) is 4.56. The number of methoxy groups -OCH3 is 1. The minimum absolute atomic E-state index is 0.125. The molecule has 0 aliphatic heterocycles. The van der Waals surface area contributed by atoms with Gasteiger partial charge in [0.1, 0.15) is 11.7 Å². The molecule has 3 unspecified atom stereocenters. The summed E-state index contributed by atoms with van der Waals surface area (Å²) < 4.78 is 15.9. The van der Waals surface area contributed by atoms with Gasteiger partial charge in [-0.05, 0) is 51.5 Å². The number of carbonyl (C=O) groups is 1. The second-order valence-corrected chi connectivity index (χ2v) is 7.86. The number of unbranched alkanes of at least 4 members (excludes halogenated alkanes) is 4. The Hall–Kier alpha value is -1.19. The van der Waals surface area contributed by atoms with Gasteiger partial charge in [0.2, 0.25) is 0 Å². The summed E-state index contributed by atoms with van der Waals surface area (Å²) in [5.74, 6) is 0.600. The molecule has 0 N–H and O–H groups in total. The van der Waals surface area contributed by atoms with Crippen LogP contribution >= 0.6 is 0 Å². The molecule has 3 atom stereocenters. The summed E-state index contributed by atoms with van der Waals surface area (Å²) >= 11 is 0. The Kier molecular flexibility index (Phi) is 12.5. The summed E-state index contributed by atoms with van der Waals surface area (Å²) in [5.41, 5.74) is -0.572. The van der Waals surface area contributed by atoms with Crippen molar-refractivity contribution < 1.29 is 19.0 Å². The smallest absolute Gasteiger partial charge is 0.505 e. The highest BCUT2D eigenvalue weighted by Gasteiger charge is 2.27. The summed E-state index contributed by atoms with van der Waals surface area (Å²) in [5, 5.41) is 0. The van der Waals surface area contributed by atoms with Gasteiger partial charge < -0.3 is 14.2 Å². The van der Waals surface area contributed by atoms with Crippen LogP contribution in [0.2, 0.25) is 0 Å². The zero-order valence-corrected chi connectivity index (χ0v) is 17.5. The van der Waals surface area contributed by atoms with Gasteiger partial charge in [0.25, 0.3) is 0 Å². The molecule has 0 aliphatic rings. The average Bonchev–Trinajstić information content (AvgIpc) is 2.51. The summed E-state index contributed by atoms with van der Waals surface area (Å²) in [6.45, 7) is 12.2. The van der Waals surface area contributed by atoms with Crippen LogP contribution in [0.5, 0.6) is 0 Å². The molecular weight excluding hydrogens is 316 g/mol. The number of allylic oxidation sites excluding steroid dienone is 1. The minimum atomic E-state index is -0.572. The van der Waals surface area contributed by atoms with E-state index in [1.165, 1.54) is 32.1 Å². The Balaban J connectivity index is 4.18. The van der Waals surface area contributed by atoms with Crippen LogP contribution in [0.15, 0.2) is 12.3 Å². The second kappa shape index (κ2) is 13.1. The summed E-state index contributed by atoms with van der Waals surface area (Å²) in [6, 6.07) is 0. The van der Waals surface area contributed by atoms with E-state index in [4.69, 9.17) is 14.2 Å². The van der Waals surface area contributed by atoms with Gasteiger partial charge in [-0.3, -0.25) is 0 Å². The van der Waals surface area contributed by atoms with Crippen molar-refractivity contribution in [2.24, 2.45) is 11.8 Å². The van der Waals surface area contributed by atoms with Gasteiger partial charge in [-0.2, -0.15) is 0 Å². The second-order valence-electron chi connectivity index (χ2n) is 7.86. The number of hydrogen-bond donors (Lipinski definition) is 0. The largest absolute Gasteiger partial charge is 0.509 e. The fourth-order valence-electron chi connectivity index (χ4n) is 2.92. The highest BCUT2D eigenvalue weighted by atomic mass is 16.7. The molecule has 0 saturated heterocycles. The normalized spacial score (nSPS) is 15.6. The molecule has 25 heavy (non-hydrogen) atoms. The zero-order chi connectivity index (χ0) is 19.3. The van der Waals surface area contributed by atoms with E-state index in [9.17, 15) is 4.79 Å². The SMILES string of the molecule is CCCCCCCC(C)C(C)OC(=O)OC(C)(C)CC(C)/C=C/OC. The molecule has 4 heteroatoms. The van der Waals surface area contributed by atoms with Gasteiger partial charge in [0, 0.05) is 0 Å². The van der Waals surface area contributed by atoms with Crippen LogP contribution in [0.4, 0.5) is 4.79 Å². The van der Waals surface area contributed by atoms with Crippen molar-refractivity contribution in [1.29, 1.82) is 0 Å². The first-order valence-electron chi connectivity index (χ1n) is 9.81. The molecule has 0 aromatic heterocycles. The van der Waals surface area contributed by atoms with E-state index in [-0.39, 0.29) is 12.0 Å². The molecule has 0 amide bonds. The van der Waals surface area contributed by atoms with Crippen LogP contribution in [0.25, 0.3) is 0 Å². The van der Waals surface area contributed by atoms with Gasteiger partial charge >= 0.3 is 6.16 Å². The van der Waals surface area contributed by atoms with Crippen LogP contribution in [0.1, 0.15) is 86.5 Å². The van der Waals surface area contributed by atoms with E-state index in [1.54, 1.807) is 13.4 Å². The van der Waals surface area contributed by atoms with Gasteiger partial charge in [0.05, 0.1) is 13.4 Å². The van der Waals surface area contributed by atoms with Crippen LogP contribution in [0, 0.1) is 11.8 Å². The minimum Gasteiger partial charge on any atom is -0.505 e. The van der Waals surface area contributed by atoms with Crippen LogP contribution in [-0.4, -0.2) is 25.0 Å². The summed E-state index contributed by atoms with van der Waals surface area (Å²) in [4.78, 5) is 12.1. The zero-order valence-electron chi connectivity index (χ0n) is 17.5. The fourth-order valence-corrected chi connectivity index (χ4v) is 2.92. The molecule has 4 nitrogen and oxygen atoms in total. The van der Waals surface area contributed by atoms with E-state index in [2.05, 4.69) is 20.8 Å². The first kappa shape index (κ1) is 23.8. The molecule has 0 radical (unpaired) electrons. The fraction of sp³-hybridized carbons (Fsp3) is 0.857. The lowest BCUT2D eigenvalue weighted by atomic mass is 9.95. The highest BCUT2D eigenvalue weighted by Crippen LogP contribution is 2.23. The van der Waals surface area contributed by atoms with Gasteiger partial charge in [-0.15, -0.1) is 0 Å². The van der Waals surface area contributed by atoms with Crippen molar-refractivity contribution in [3.05, 3.63) is 12.3 Å². The van der Waals surface area contributed by atoms with Crippen molar-refractivity contribution in [3.63, 3.8) is 0 Å². The predicted octanol–water partition coefficient (Wildman–Crippen LogP) is 6.49. The standard InChI is InChI=1S/C21H40O4/c1-8-9-10-11-12-13-18(3)19(4)24-20(22)25-21(5,6)16-17(2)14-15-23-7/h14-15,17-19H,8-13,16H2,1-7H3/b15-14+. The monoisotopic (exact) mass is 356 g/mol. The summed E-state index contributed by atoms with van der Waals surface area (Å²) in [7, 11) is 1.62. The molecule has 0 aromatic carbocycles. The maximum absolute atomic E-state index is 12.1. The lowest BCUT2D eigenvalue weighted by Crippen LogP contribution is -2.32. The first-order chi connectivity index (χ1) is 11.7. The van der Waals surface area contributed by atoms with E-state index in [0.717, 1.165) is 6.42 Å². The highest BCUT2D eigenvalue weighted by molar-refractivity contribution is 5.60. The Morgan fingerprint density at radius 3 is 2.32 bits per heavy atom. The molecule has 0 heterocycles. The Labute approximate surface area is 155 Å². The van der Waals surface area contributed by atoms with E-state index in [0.29, 0.717) is 12.3 Å². The predicted molar refractivity (Wildman–Crippen MR) is 104 cm³/mol. The molecular formula is C21H40O4. The lowest BCUT2D eigenvalue weighted by Gasteiger charge is -2.28. The lowest BCUT2D eigenvalue weighted by molar-refractivity contribution is -0.0469. The average molecular weight is 357 g/mol. The molecule has 0 fully saturated rings. The van der Waals surface area contributed by atoms with E-state index < -0.39 is 11.8 Å². The maximum atomic E-state index is 12.1. The molecule has 0 saturated carbocycles. The van der Waals surface area contributed by atoms with Crippen molar-refractivity contribution in [1.82, 2.24) is 0 Å². The van der Waals surface area contributed by atoms with Crippen LogP contribution < -0.4 is 0 Å². The first-order valence-corrected chi connectivity index (χ1v) is 9.81. The van der Waals surface area contributed by atoms with Gasteiger partial charge in [-0.1, -0.05) is 52.9 Å². The Bertz CT molecular complexity index is 376. The number of ether oxygens (including phenoxy) is 3. The Morgan fingerprint density at radius 1 is 1.08 bits per heavy atom. The Morgan fingerprint density at radius 2 is 1.72 bits per heavy atom. The molecule has 0 bridgehead atoms. The third kappa shape index (κ3) is 12.8. The van der Waals surface area contributed by atoms with Crippen molar-refractivity contribution in [3.8, 4) is 0 Å². The number of carbonyl (C=O) groups excluding carboxylic acids is 1. The molecule has 148 valence electrons. The quantitative estimate of drug-likeness (QED) is 0.215. The summed E-state index contributed by atoms with van der Waals surface area (Å²) in [6.07, 6.45) is 11.0. The molecule has 0 rings (SSSR count). The number of rotatable bonds is 13. The molecule has 0 aliphatic carbocycles. The third-order valence-corrected chi connectivity index (χ3v) is 4.56. The van der Waals surface area contributed by atoms with Crippen LogP contribution in [-0.2, 0) is 14.2 Å². The van der Waals surface area contributed by atoms with E-state index >= 15 is 0 Å². The molecule has 0 aromatic rings. The van der Waals surface area contributed by atoms with Crippen molar-refractivity contribution >= 4 is 6.16 Å². The van der Waals surface area contributed by atoms with Crippen LogP contribution in [0.3, 0.4) is 0 Å². The molecule has 0 spiro atoms. The van der Waals surface area contributed by atoms with Crippen molar-refractivity contribution in [2.45, 2.75) is 98.2 Å². The maximum Gasteiger partial charge on any atom is 0.509 e. The van der Waals surface area contributed by atoms with Gasteiger partial charge in [0.15, 0.2) is 0 Å².